The highest BCUT2D eigenvalue weighted by Crippen LogP contribution is 2.45. The van der Waals surface area contributed by atoms with Crippen LogP contribution in [0.3, 0.4) is 0 Å². The van der Waals surface area contributed by atoms with Crippen LogP contribution in [0.5, 0.6) is 0 Å². The van der Waals surface area contributed by atoms with Gasteiger partial charge in [0.2, 0.25) is 0 Å². The topological polar surface area (TPSA) is 50.1 Å². The maximum atomic E-state index is 12.9. The van der Waals surface area contributed by atoms with E-state index >= 15 is 0 Å². The van der Waals surface area contributed by atoms with Crippen molar-refractivity contribution in [2.75, 3.05) is 0 Å². The molecule has 2 aromatic rings. The number of halogens is 3. The van der Waals surface area contributed by atoms with Gasteiger partial charge in [-0.3, -0.25) is 14.6 Å². The van der Waals surface area contributed by atoms with Crippen LogP contribution in [-0.4, -0.2) is 14.8 Å². The lowest BCUT2D eigenvalue weighted by molar-refractivity contribution is -0.137. The van der Waals surface area contributed by atoms with E-state index in [0.29, 0.717) is 16.9 Å². The number of aromatic nitrogens is 2. The van der Waals surface area contributed by atoms with Crippen LogP contribution in [0.1, 0.15) is 67.0 Å². The van der Waals surface area contributed by atoms with Crippen molar-refractivity contribution >= 4 is 22.6 Å². The van der Waals surface area contributed by atoms with Gasteiger partial charge < -0.3 is 0 Å². The molecule has 1 aromatic carbocycles. The number of nitrogens with one attached hydrogen (secondary N) is 1. The average molecular weight is 395 g/mol. The number of fused-ring (bicyclic) bond motifs is 1. The Morgan fingerprint density at radius 3 is 2.44 bits per heavy atom. The van der Waals surface area contributed by atoms with Crippen molar-refractivity contribution < 1.29 is 13.2 Å². The Labute approximate surface area is 158 Å². The van der Waals surface area contributed by atoms with Gasteiger partial charge in [-0.15, -0.1) is 0 Å². The fourth-order valence-electron chi connectivity index (χ4n) is 3.89. The van der Waals surface area contributed by atoms with Crippen molar-refractivity contribution in [2.24, 2.45) is 4.99 Å². The molecule has 0 radical (unpaired) electrons. The van der Waals surface area contributed by atoms with E-state index in [9.17, 15) is 18.0 Å². The average Bonchev–Trinajstić information content (AvgIpc) is 2.98. The Balaban J connectivity index is 1.75. The van der Waals surface area contributed by atoms with E-state index in [0.717, 1.165) is 42.9 Å². The number of aliphatic imine (C=N–C) groups is 1. The molecule has 0 unspecified atom stereocenters. The van der Waals surface area contributed by atoms with Crippen molar-refractivity contribution in [3.8, 4) is 0 Å². The van der Waals surface area contributed by atoms with Gasteiger partial charge in [-0.1, -0.05) is 43.2 Å². The van der Waals surface area contributed by atoms with Gasteiger partial charge in [0, 0.05) is 0 Å². The summed E-state index contributed by atoms with van der Waals surface area (Å²) in [5, 5.41) is 3.39. The van der Waals surface area contributed by atoms with Gasteiger partial charge in [0.1, 0.15) is 0 Å². The van der Waals surface area contributed by atoms with E-state index in [1.807, 2.05) is 11.6 Å². The molecule has 1 N–H and O–H groups in total. The van der Waals surface area contributed by atoms with Crippen LogP contribution in [0, 0.1) is 0 Å². The van der Waals surface area contributed by atoms with E-state index in [2.05, 4.69) is 10.1 Å². The van der Waals surface area contributed by atoms with E-state index in [1.165, 1.54) is 30.3 Å². The van der Waals surface area contributed by atoms with Crippen molar-refractivity contribution in [2.45, 2.75) is 56.5 Å². The normalized spacial score (nSPS) is 21.0. The first-order valence-corrected chi connectivity index (χ1v) is 9.96. The third-order valence-electron chi connectivity index (χ3n) is 5.23. The van der Waals surface area contributed by atoms with Gasteiger partial charge in [-0.25, -0.2) is 4.99 Å². The third kappa shape index (κ3) is 3.47. The molecule has 1 saturated carbocycles. The molecular weight excluding hydrogens is 375 g/mol. The Bertz CT molecular complexity index is 921. The maximum absolute atomic E-state index is 12.9. The summed E-state index contributed by atoms with van der Waals surface area (Å²) in [6.07, 6.45) is 1.09. The van der Waals surface area contributed by atoms with Gasteiger partial charge in [0.25, 0.3) is 5.56 Å². The second kappa shape index (κ2) is 6.89. The summed E-state index contributed by atoms with van der Waals surface area (Å²) < 4.78 is 40.4. The molecule has 4 nitrogen and oxygen atoms in total. The summed E-state index contributed by atoms with van der Waals surface area (Å²) in [5.74, 6) is 0.632. The highest BCUT2D eigenvalue weighted by Gasteiger charge is 2.34. The smallest absolute Gasteiger partial charge is 0.268 e. The van der Waals surface area contributed by atoms with Crippen LogP contribution in [-0.2, 0) is 6.18 Å². The summed E-state index contributed by atoms with van der Waals surface area (Å²) in [5.41, 5.74) is 0.321. The van der Waals surface area contributed by atoms with Gasteiger partial charge in [0.05, 0.1) is 27.5 Å². The minimum atomic E-state index is -4.37. The first kappa shape index (κ1) is 18.4. The third-order valence-corrected chi connectivity index (χ3v) is 6.41. The van der Waals surface area contributed by atoms with Crippen LogP contribution < -0.4 is 5.56 Å². The largest absolute Gasteiger partial charge is 0.416 e. The molecule has 1 atom stereocenters. The molecule has 2 aliphatic rings. The molecule has 1 aliphatic carbocycles. The number of rotatable bonds is 2. The number of thioether (sulfide) groups is 1. The minimum Gasteiger partial charge on any atom is -0.268 e. The molecule has 0 amide bonds. The minimum absolute atomic E-state index is 0.204. The molecule has 27 heavy (non-hydrogen) atoms. The Morgan fingerprint density at radius 1 is 1.15 bits per heavy atom. The summed E-state index contributed by atoms with van der Waals surface area (Å²) in [4.78, 5) is 17.3. The van der Waals surface area contributed by atoms with Crippen LogP contribution >= 0.6 is 11.8 Å². The van der Waals surface area contributed by atoms with Crippen molar-refractivity contribution in [3.05, 3.63) is 51.3 Å². The summed E-state index contributed by atoms with van der Waals surface area (Å²) in [7, 11) is 0. The van der Waals surface area contributed by atoms with Crippen molar-refractivity contribution in [3.63, 3.8) is 0 Å². The number of aromatic amines is 1. The zero-order valence-corrected chi connectivity index (χ0v) is 15.7. The summed E-state index contributed by atoms with van der Waals surface area (Å²) in [6.45, 7) is 1.87. The number of hydrogen-bond acceptors (Lipinski definition) is 3. The molecular formula is C19H20F3N3OS. The number of hydrogen-bond donors (Lipinski definition) is 1. The van der Waals surface area contributed by atoms with Crippen molar-refractivity contribution in [1.82, 2.24) is 9.78 Å². The van der Waals surface area contributed by atoms with Crippen LogP contribution in [0.2, 0.25) is 0 Å². The number of benzene rings is 1. The quantitative estimate of drug-likeness (QED) is 0.721. The monoisotopic (exact) mass is 395 g/mol. The molecule has 2 heterocycles. The molecule has 0 bridgehead atoms. The van der Waals surface area contributed by atoms with Crippen molar-refractivity contribution in [1.29, 1.82) is 0 Å². The Kier molecular flexibility index (Phi) is 4.70. The van der Waals surface area contributed by atoms with Gasteiger partial charge in [0.15, 0.2) is 5.82 Å². The highest BCUT2D eigenvalue weighted by molar-refractivity contribution is 8.14. The van der Waals surface area contributed by atoms with Crippen LogP contribution in [0.25, 0.3) is 0 Å². The zero-order chi connectivity index (χ0) is 19.2. The fourth-order valence-corrected chi connectivity index (χ4v) is 5.00. The van der Waals surface area contributed by atoms with E-state index in [-0.39, 0.29) is 16.9 Å². The van der Waals surface area contributed by atoms with E-state index in [1.54, 1.807) is 0 Å². The predicted octanol–water partition coefficient (Wildman–Crippen LogP) is 5.59. The zero-order valence-electron chi connectivity index (χ0n) is 14.8. The first-order chi connectivity index (χ1) is 12.8. The maximum Gasteiger partial charge on any atom is 0.416 e. The molecule has 4 rings (SSSR count). The molecule has 0 spiro atoms. The lowest BCUT2D eigenvalue weighted by Crippen LogP contribution is -2.16. The molecule has 1 fully saturated rings. The van der Waals surface area contributed by atoms with Crippen LogP contribution in [0.4, 0.5) is 19.0 Å². The second-order valence-electron chi connectivity index (χ2n) is 7.09. The molecule has 144 valence electrons. The number of H-pyrrole nitrogens is 1. The van der Waals surface area contributed by atoms with Gasteiger partial charge >= 0.3 is 6.18 Å². The second-order valence-corrected chi connectivity index (χ2v) is 8.39. The van der Waals surface area contributed by atoms with Crippen LogP contribution in [0.15, 0.2) is 34.1 Å². The number of nitrogens with zero attached hydrogens (tertiary/aromatic N) is 2. The number of alkyl halides is 3. The highest BCUT2D eigenvalue weighted by atomic mass is 32.2. The molecule has 0 saturated heterocycles. The molecule has 8 heteroatoms. The first-order valence-electron chi connectivity index (χ1n) is 9.08. The van der Waals surface area contributed by atoms with Gasteiger partial charge in [-0.05, 0) is 37.5 Å². The fraction of sp³-hybridized carbons (Fsp3) is 0.474. The molecule has 1 aromatic heterocycles. The summed E-state index contributed by atoms with van der Waals surface area (Å²) in [6, 6.07) is 5.29. The molecule has 1 aliphatic heterocycles. The lowest BCUT2D eigenvalue weighted by Gasteiger charge is -2.26. The SMILES string of the molecule is CC1=Nc2c(c(=O)[nH]n2C2CCCCC2)[C@H](c2ccc(C(F)(F)F)cc2)S1. The van der Waals surface area contributed by atoms with Gasteiger partial charge in [-0.2, -0.15) is 13.2 Å². The Morgan fingerprint density at radius 2 is 1.81 bits per heavy atom. The van der Waals surface area contributed by atoms with E-state index in [4.69, 9.17) is 0 Å². The standard InChI is InChI=1S/C19H20F3N3OS/c1-11-23-17-15(18(26)24-25(17)14-5-3-2-4-6-14)16(27-11)12-7-9-13(10-8-12)19(20,21)22/h7-10,14,16H,2-6H2,1H3,(H,24,26)/t16-/m0/s1. The lowest BCUT2D eigenvalue weighted by atomic mass is 9.95. The summed E-state index contributed by atoms with van der Waals surface area (Å²) >= 11 is 1.41. The van der Waals surface area contributed by atoms with E-state index < -0.39 is 11.7 Å². The Hall–Kier alpha value is -1.96. The predicted molar refractivity (Wildman–Crippen MR) is 101 cm³/mol.